The monoisotopic (exact) mass is 407 g/mol. The van der Waals surface area contributed by atoms with Gasteiger partial charge >= 0.3 is 5.97 Å². The van der Waals surface area contributed by atoms with Crippen molar-refractivity contribution in [2.24, 2.45) is 0 Å². The van der Waals surface area contributed by atoms with E-state index in [4.69, 9.17) is 16.3 Å². The van der Waals surface area contributed by atoms with Gasteiger partial charge in [-0.05, 0) is 36.8 Å². The third-order valence-corrected chi connectivity index (χ3v) is 5.19. The van der Waals surface area contributed by atoms with Gasteiger partial charge in [-0.1, -0.05) is 54.1 Å². The maximum absolute atomic E-state index is 13.1. The maximum atomic E-state index is 13.1. The van der Waals surface area contributed by atoms with Gasteiger partial charge in [0.05, 0.1) is 21.4 Å². The zero-order valence-corrected chi connectivity index (χ0v) is 16.4. The van der Waals surface area contributed by atoms with Crippen LogP contribution >= 0.6 is 11.6 Å². The Hall–Kier alpha value is -3.31. The third-order valence-electron chi connectivity index (χ3n) is 4.89. The fraction of sp³-hybridized carbons (Fsp3) is 0.130. The van der Waals surface area contributed by atoms with Crippen LogP contribution in [0.5, 0.6) is 5.75 Å². The van der Waals surface area contributed by atoms with Crippen molar-refractivity contribution in [1.29, 1.82) is 0 Å². The third kappa shape index (κ3) is 3.45. The molecule has 0 fully saturated rings. The van der Waals surface area contributed by atoms with Gasteiger partial charge in [-0.3, -0.25) is 9.59 Å². The number of fused-ring (bicyclic) bond motifs is 2. The number of pyridine rings is 1. The molecule has 146 valence electrons. The number of carboxylic acid groups (broad SMARTS) is 1. The van der Waals surface area contributed by atoms with Gasteiger partial charge in [-0.15, -0.1) is 0 Å². The minimum atomic E-state index is -1.03. The number of hydrogen-bond acceptors (Lipinski definition) is 3. The largest absolute Gasteiger partial charge is 0.482 e. The Balaban J connectivity index is 2.03. The quantitative estimate of drug-likeness (QED) is 0.471. The lowest BCUT2D eigenvalue weighted by atomic mass is 10.1. The smallest absolute Gasteiger partial charge is 0.323 e. The summed E-state index contributed by atoms with van der Waals surface area (Å²) in [6.07, 6.45) is -0.348. The summed E-state index contributed by atoms with van der Waals surface area (Å²) in [5.74, 6) is -0.730. The Bertz CT molecular complexity index is 1280. The van der Waals surface area contributed by atoms with Crippen molar-refractivity contribution in [3.05, 3.63) is 87.5 Å². The van der Waals surface area contributed by atoms with Crippen LogP contribution in [0.2, 0.25) is 5.02 Å². The fourth-order valence-electron chi connectivity index (χ4n) is 3.54. The highest BCUT2D eigenvalue weighted by Gasteiger charge is 2.20. The summed E-state index contributed by atoms with van der Waals surface area (Å²) < 4.78 is 7.76. The highest BCUT2D eigenvalue weighted by atomic mass is 35.5. The van der Waals surface area contributed by atoms with Crippen LogP contribution in [0.25, 0.3) is 21.8 Å². The van der Waals surface area contributed by atoms with Gasteiger partial charge in [0.15, 0.2) is 11.2 Å². The lowest BCUT2D eigenvalue weighted by molar-refractivity contribution is -0.137. The molecular weight excluding hydrogens is 390 g/mol. The van der Waals surface area contributed by atoms with E-state index in [1.54, 1.807) is 41.0 Å². The van der Waals surface area contributed by atoms with Crippen LogP contribution in [0.3, 0.4) is 0 Å². The summed E-state index contributed by atoms with van der Waals surface area (Å²) in [4.78, 5) is 24.7. The van der Waals surface area contributed by atoms with Gasteiger partial charge in [0.25, 0.3) is 0 Å². The van der Waals surface area contributed by atoms with Gasteiger partial charge in [0.1, 0.15) is 12.6 Å². The van der Waals surface area contributed by atoms with Gasteiger partial charge in [-0.2, -0.15) is 0 Å². The van der Waals surface area contributed by atoms with E-state index in [9.17, 15) is 14.7 Å². The molecule has 1 atom stereocenters. The zero-order valence-electron chi connectivity index (χ0n) is 15.6. The fourth-order valence-corrected chi connectivity index (χ4v) is 3.74. The van der Waals surface area contributed by atoms with E-state index in [0.29, 0.717) is 32.6 Å². The van der Waals surface area contributed by atoms with E-state index < -0.39 is 5.97 Å². The second-order valence-corrected chi connectivity index (χ2v) is 7.18. The second-order valence-electron chi connectivity index (χ2n) is 6.77. The van der Waals surface area contributed by atoms with Gasteiger partial charge < -0.3 is 14.4 Å². The van der Waals surface area contributed by atoms with Crippen molar-refractivity contribution < 1.29 is 14.6 Å². The molecule has 4 aromatic rings. The van der Waals surface area contributed by atoms with E-state index >= 15 is 0 Å². The number of halogens is 1. The highest BCUT2D eigenvalue weighted by Crippen LogP contribution is 2.37. The van der Waals surface area contributed by atoms with Crippen molar-refractivity contribution in [3.63, 3.8) is 0 Å². The Morgan fingerprint density at radius 3 is 2.45 bits per heavy atom. The number of ether oxygens (including phenoxy) is 1. The average molecular weight is 408 g/mol. The normalized spacial score (nSPS) is 12.2. The molecule has 0 saturated heterocycles. The molecule has 29 heavy (non-hydrogen) atoms. The number of carbonyl (C=O) groups is 1. The van der Waals surface area contributed by atoms with Crippen LogP contribution in [-0.2, 0) is 11.3 Å². The summed E-state index contributed by atoms with van der Waals surface area (Å²) in [6, 6.07) is 19.8. The molecule has 1 heterocycles. The first-order chi connectivity index (χ1) is 14.0. The molecule has 0 aliphatic carbocycles. The number of nitrogens with zero attached hydrogens (tertiary/aromatic N) is 1. The summed E-state index contributed by atoms with van der Waals surface area (Å²) in [5.41, 5.74) is 1.65. The number of hydrogen-bond donors (Lipinski definition) is 1. The average Bonchev–Trinajstić information content (AvgIpc) is 2.73. The van der Waals surface area contributed by atoms with E-state index in [0.717, 1.165) is 5.56 Å². The van der Waals surface area contributed by atoms with Crippen LogP contribution in [-0.4, -0.2) is 15.6 Å². The van der Waals surface area contributed by atoms with E-state index in [2.05, 4.69) is 0 Å². The standard InChI is InChI=1S/C23H18ClNO4/c1-14(15-7-3-2-4-8-15)29-23-18(24)12-11-17-21(23)25(13-20(26)27)19-10-6-5-9-16(19)22(17)28/h2-12,14H,13H2,1H3,(H,26,27)/t14-/m0/s1. The topological polar surface area (TPSA) is 68.5 Å². The first kappa shape index (κ1) is 19.0. The number of aliphatic carboxylic acids is 1. The molecule has 3 aromatic carbocycles. The summed E-state index contributed by atoms with van der Waals surface area (Å²) in [5, 5.41) is 10.6. The predicted octanol–water partition coefficient (Wildman–Crippen LogP) is 5.03. The van der Waals surface area contributed by atoms with Crippen molar-refractivity contribution in [2.45, 2.75) is 19.6 Å². The second kappa shape index (κ2) is 7.60. The van der Waals surface area contributed by atoms with Crippen LogP contribution in [0.15, 0.2) is 71.5 Å². The number of rotatable bonds is 5. The first-order valence-corrected chi connectivity index (χ1v) is 9.52. The lowest BCUT2D eigenvalue weighted by Gasteiger charge is -2.21. The molecule has 6 heteroatoms. The maximum Gasteiger partial charge on any atom is 0.323 e. The van der Waals surface area contributed by atoms with Crippen LogP contribution < -0.4 is 10.2 Å². The summed E-state index contributed by atoms with van der Waals surface area (Å²) in [7, 11) is 0. The molecule has 0 aliphatic heterocycles. The van der Waals surface area contributed by atoms with E-state index in [-0.39, 0.29) is 18.1 Å². The van der Waals surface area contributed by atoms with Gasteiger partial charge in [0.2, 0.25) is 0 Å². The van der Waals surface area contributed by atoms with Crippen molar-refractivity contribution in [2.75, 3.05) is 0 Å². The molecule has 0 amide bonds. The molecule has 0 unspecified atom stereocenters. The minimum absolute atomic E-state index is 0.189. The minimum Gasteiger partial charge on any atom is -0.482 e. The molecule has 4 rings (SSSR count). The summed E-state index contributed by atoms with van der Waals surface area (Å²) >= 11 is 6.46. The van der Waals surface area contributed by atoms with Crippen molar-refractivity contribution in [1.82, 2.24) is 4.57 Å². The van der Waals surface area contributed by atoms with Gasteiger partial charge in [0, 0.05) is 5.39 Å². The summed E-state index contributed by atoms with van der Waals surface area (Å²) in [6.45, 7) is 1.55. The molecule has 0 radical (unpaired) electrons. The Morgan fingerprint density at radius 2 is 1.72 bits per heavy atom. The number of para-hydroxylation sites is 1. The van der Waals surface area contributed by atoms with Crippen molar-refractivity contribution in [3.8, 4) is 5.75 Å². The molecular formula is C23H18ClNO4. The van der Waals surface area contributed by atoms with Gasteiger partial charge in [-0.25, -0.2) is 0 Å². The van der Waals surface area contributed by atoms with E-state index in [1.165, 1.54) is 0 Å². The molecule has 0 saturated carbocycles. The van der Waals surface area contributed by atoms with E-state index in [1.807, 2.05) is 37.3 Å². The number of benzene rings is 3. The van der Waals surface area contributed by atoms with Crippen LogP contribution in [0, 0.1) is 0 Å². The SMILES string of the molecule is C[C@H](Oc1c(Cl)ccc2c(=O)c3ccccc3n(CC(=O)O)c12)c1ccccc1. The molecule has 1 aromatic heterocycles. The predicted molar refractivity (Wildman–Crippen MR) is 114 cm³/mol. The number of aromatic nitrogens is 1. The molecule has 0 bridgehead atoms. The Morgan fingerprint density at radius 1 is 1.03 bits per heavy atom. The molecule has 1 N–H and O–H groups in total. The molecule has 0 aliphatic rings. The molecule has 5 nitrogen and oxygen atoms in total. The van der Waals surface area contributed by atoms with Crippen LogP contribution in [0.1, 0.15) is 18.6 Å². The Labute approximate surface area is 171 Å². The van der Waals surface area contributed by atoms with Crippen molar-refractivity contribution >= 4 is 39.4 Å². The highest BCUT2D eigenvalue weighted by molar-refractivity contribution is 6.33. The van der Waals surface area contributed by atoms with Crippen LogP contribution in [0.4, 0.5) is 0 Å². The number of carboxylic acids is 1. The Kier molecular flexibility index (Phi) is 4.99. The zero-order chi connectivity index (χ0) is 20.5. The molecule has 0 spiro atoms. The lowest BCUT2D eigenvalue weighted by Crippen LogP contribution is -2.17. The first-order valence-electron chi connectivity index (χ1n) is 9.14.